The molecule has 0 amide bonds. The van der Waals surface area contributed by atoms with Gasteiger partial charge < -0.3 is 13.3 Å². The van der Waals surface area contributed by atoms with Gasteiger partial charge in [-0.25, -0.2) is 0 Å². The fourth-order valence-electron chi connectivity index (χ4n) is 3.97. The molecule has 0 aromatic heterocycles. The molecule has 0 rings (SSSR count). The lowest BCUT2D eigenvalue weighted by Gasteiger charge is -2.25. The van der Waals surface area contributed by atoms with Gasteiger partial charge in [-0.3, -0.25) is 0 Å². The Balaban J connectivity index is 3.62. The molecule has 0 saturated heterocycles. The summed E-state index contributed by atoms with van der Waals surface area (Å²) < 4.78 is 17.8. The van der Waals surface area contributed by atoms with Crippen molar-refractivity contribution in [1.82, 2.24) is 0 Å². The minimum atomic E-state index is -2.67. The van der Waals surface area contributed by atoms with Crippen molar-refractivity contribution >= 4 is 8.80 Å². The van der Waals surface area contributed by atoms with Crippen LogP contribution >= 0.6 is 0 Å². The third-order valence-corrected chi connectivity index (χ3v) is 8.42. The summed E-state index contributed by atoms with van der Waals surface area (Å²) in [5, 5.41) is 0. The Labute approximate surface area is 197 Å². The topological polar surface area (TPSA) is 27.7 Å². The largest absolute Gasteiger partial charge is 0.528 e. The molecule has 0 atom stereocenters. The van der Waals surface area contributed by atoms with E-state index in [4.69, 9.17) is 13.3 Å². The zero-order valence-electron chi connectivity index (χ0n) is 21.6. The molecule has 0 aliphatic heterocycles. The van der Waals surface area contributed by atoms with Crippen LogP contribution < -0.4 is 0 Å². The Morgan fingerprint density at radius 2 is 0.806 bits per heavy atom. The van der Waals surface area contributed by atoms with Crippen molar-refractivity contribution in [2.24, 2.45) is 0 Å². The van der Waals surface area contributed by atoms with Crippen LogP contribution in [0.25, 0.3) is 0 Å². The summed E-state index contributed by atoms with van der Waals surface area (Å²) in [6.07, 6.45) is 26.7. The van der Waals surface area contributed by atoms with Gasteiger partial charge in [-0.1, -0.05) is 136 Å². The molecule has 0 bridgehead atoms. The quantitative estimate of drug-likeness (QED) is 0.0958. The smallest absolute Gasteiger partial charge is 0.374 e. The number of unbranched alkanes of at least 4 members (excludes halogenated alkanes) is 18. The van der Waals surface area contributed by atoms with Gasteiger partial charge in [0.15, 0.2) is 0 Å². The predicted molar refractivity (Wildman–Crippen MR) is 139 cm³/mol. The van der Waals surface area contributed by atoms with E-state index in [1.165, 1.54) is 116 Å². The van der Waals surface area contributed by atoms with E-state index in [1.54, 1.807) is 12.8 Å². The van der Waals surface area contributed by atoms with Gasteiger partial charge in [-0.2, -0.15) is 0 Å². The molecule has 0 spiro atoms. The molecule has 0 aromatic rings. The molecule has 0 radical (unpaired) electrons. The lowest BCUT2D eigenvalue weighted by molar-refractivity contribution is 0.0869. The van der Waals surface area contributed by atoms with Crippen LogP contribution in [0, 0.1) is 0 Å². The first-order valence-corrected chi connectivity index (χ1v) is 15.5. The molecular weight excluding hydrogens is 400 g/mol. The lowest BCUT2D eigenvalue weighted by atomic mass is 10.1. The highest BCUT2D eigenvalue weighted by molar-refractivity contribution is 6.66. The molecular formula is C27H56O3Si. The summed E-state index contributed by atoms with van der Waals surface area (Å²) in [6.45, 7) is 9.93. The van der Waals surface area contributed by atoms with Gasteiger partial charge in [-0.15, -0.1) is 0 Å². The second-order valence-corrected chi connectivity index (χ2v) is 11.7. The Bertz CT molecular complexity index is 336. The fraction of sp³-hybridized carbons (Fsp3) is 0.926. The van der Waals surface area contributed by atoms with Crippen molar-refractivity contribution < 1.29 is 13.3 Å². The van der Waals surface area contributed by atoms with Gasteiger partial charge in [0.25, 0.3) is 0 Å². The molecule has 0 aromatic carbocycles. The van der Waals surface area contributed by atoms with Crippen molar-refractivity contribution in [3.63, 3.8) is 0 Å². The molecule has 0 N–H and O–H groups in total. The third-order valence-electron chi connectivity index (χ3n) is 6.14. The summed E-state index contributed by atoms with van der Waals surface area (Å²) in [6, 6.07) is 0. The SMILES string of the molecule is C=C[Si](OC)(OCCCCCCCCCCCC)OCCCCCCCCCCCC. The molecule has 31 heavy (non-hydrogen) atoms. The van der Waals surface area contributed by atoms with E-state index in [9.17, 15) is 0 Å². The van der Waals surface area contributed by atoms with Crippen LogP contribution in [0.2, 0.25) is 0 Å². The van der Waals surface area contributed by atoms with Gasteiger partial charge in [0.1, 0.15) is 0 Å². The normalized spacial score (nSPS) is 11.8. The van der Waals surface area contributed by atoms with Crippen LogP contribution in [0.4, 0.5) is 0 Å². The van der Waals surface area contributed by atoms with Crippen molar-refractivity contribution in [3.05, 3.63) is 12.3 Å². The molecule has 0 fully saturated rings. The summed E-state index contributed by atoms with van der Waals surface area (Å²) in [4.78, 5) is 0. The van der Waals surface area contributed by atoms with Crippen LogP contribution in [0.5, 0.6) is 0 Å². The lowest BCUT2D eigenvalue weighted by Crippen LogP contribution is -2.43. The second kappa shape index (κ2) is 24.5. The Morgan fingerprint density at radius 1 is 0.516 bits per heavy atom. The van der Waals surface area contributed by atoms with E-state index in [0.717, 1.165) is 26.1 Å². The Hall–Kier alpha value is -0.163. The highest BCUT2D eigenvalue weighted by Crippen LogP contribution is 2.15. The van der Waals surface area contributed by atoms with Gasteiger partial charge in [-0.05, 0) is 18.5 Å². The molecule has 0 heterocycles. The van der Waals surface area contributed by atoms with E-state index in [0.29, 0.717) is 0 Å². The molecule has 186 valence electrons. The molecule has 3 nitrogen and oxygen atoms in total. The van der Waals surface area contributed by atoms with Gasteiger partial charge in [0.05, 0.1) is 0 Å². The maximum atomic E-state index is 6.07. The van der Waals surface area contributed by atoms with Gasteiger partial charge in [0, 0.05) is 20.3 Å². The predicted octanol–water partition coefficient (Wildman–Crippen LogP) is 9.17. The van der Waals surface area contributed by atoms with Crippen molar-refractivity contribution in [2.45, 2.75) is 142 Å². The maximum Gasteiger partial charge on any atom is 0.528 e. The highest BCUT2D eigenvalue weighted by Gasteiger charge is 2.36. The summed E-state index contributed by atoms with van der Waals surface area (Å²) in [5.41, 5.74) is 1.79. The van der Waals surface area contributed by atoms with Crippen LogP contribution in [0.1, 0.15) is 142 Å². The zero-order valence-corrected chi connectivity index (χ0v) is 22.6. The average molecular weight is 457 g/mol. The van der Waals surface area contributed by atoms with E-state index in [-0.39, 0.29) is 0 Å². The van der Waals surface area contributed by atoms with E-state index < -0.39 is 8.80 Å². The van der Waals surface area contributed by atoms with Crippen LogP contribution in [-0.4, -0.2) is 29.1 Å². The van der Waals surface area contributed by atoms with Crippen molar-refractivity contribution in [2.75, 3.05) is 20.3 Å². The molecule has 0 saturated carbocycles. The summed E-state index contributed by atoms with van der Waals surface area (Å²) in [7, 11) is -0.968. The van der Waals surface area contributed by atoms with E-state index in [1.807, 2.05) is 0 Å². The van der Waals surface area contributed by atoms with Crippen molar-refractivity contribution in [3.8, 4) is 0 Å². The Kier molecular flexibility index (Phi) is 24.3. The van der Waals surface area contributed by atoms with E-state index in [2.05, 4.69) is 20.4 Å². The monoisotopic (exact) mass is 456 g/mol. The van der Waals surface area contributed by atoms with Crippen LogP contribution in [0.3, 0.4) is 0 Å². The second-order valence-electron chi connectivity index (χ2n) is 9.07. The summed E-state index contributed by atoms with van der Waals surface area (Å²) >= 11 is 0. The Morgan fingerprint density at radius 3 is 1.06 bits per heavy atom. The minimum absolute atomic E-state index is 0.723. The highest BCUT2D eigenvalue weighted by atomic mass is 28.4. The van der Waals surface area contributed by atoms with Crippen molar-refractivity contribution in [1.29, 1.82) is 0 Å². The first-order valence-electron chi connectivity index (χ1n) is 13.7. The number of rotatable bonds is 26. The average Bonchev–Trinajstić information content (AvgIpc) is 2.79. The van der Waals surface area contributed by atoms with Gasteiger partial charge in [0.2, 0.25) is 0 Å². The standard InChI is InChI=1S/C27H56O3Si/c1-5-8-10-12-14-16-18-20-22-24-26-29-31(7-3,28-4)30-27-25-23-21-19-17-15-13-11-9-6-2/h7H,3,5-6,8-27H2,1-2,4H3. The molecule has 0 unspecified atom stereocenters. The first kappa shape index (κ1) is 30.8. The fourth-order valence-corrected chi connectivity index (χ4v) is 5.55. The molecule has 4 heteroatoms. The van der Waals surface area contributed by atoms with Crippen LogP contribution in [-0.2, 0) is 13.3 Å². The number of hydrogen-bond donors (Lipinski definition) is 0. The van der Waals surface area contributed by atoms with E-state index >= 15 is 0 Å². The molecule has 0 aliphatic carbocycles. The molecule has 0 aliphatic rings. The zero-order chi connectivity index (χ0) is 22.9. The first-order chi connectivity index (χ1) is 15.2. The maximum absolute atomic E-state index is 6.07. The van der Waals surface area contributed by atoms with Gasteiger partial charge >= 0.3 is 8.80 Å². The number of hydrogen-bond acceptors (Lipinski definition) is 3. The third kappa shape index (κ3) is 20.2. The summed E-state index contributed by atoms with van der Waals surface area (Å²) in [5.74, 6) is 0. The van der Waals surface area contributed by atoms with Crippen LogP contribution in [0.15, 0.2) is 12.3 Å². The minimum Gasteiger partial charge on any atom is -0.374 e.